The van der Waals surface area contributed by atoms with Crippen molar-refractivity contribution < 1.29 is 0 Å². The molecule has 0 aliphatic heterocycles. The van der Waals surface area contributed by atoms with Crippen molar-refractivity contribution in [1.29, 1.82) is 0 Å². The molecular formula is C15H18N2. The minimum atomic E-state index is 0.305. The topological polar surface area (TPSA) is 24.1 Å². The molecule has 0 saturated carbocycles. The normalized spacial score (nSPS) is 12.3. The zero-order chi connectivity index (χ0) is 11.9. The van der Waals surface area contributed by atoms with Crippen LogP contribution in [0.4, 0.5) is 0 Å². The summed E-state index contributed by atoms with van der Waals surface area (Å²) >= 11 is 0. The fraction of sp³-hybridized carbons (Fsp3) is 0.200. The first-order chi connectivity index (χ1) is 8.36. The van der Waals surface area contributed by atoms with Crippen LogP contribution in [0.1, 0.15) is 24.1 Å². The Morgan fingerprint density at radius 3 is 2.12 bits per heavy atom. The zero-order valence-corrected chi connectivity index (χ0v) is 10.1. The van der Waals surface area contributed by atoms with Crippen LogP contribution in [-0.4, -0.2) is 0 Å². The smallest absolute Gasteiger partial charge is 0.0434 e. The Morgan fingerprint density at radius 1 is 0.882 bits per heavy atom. The molecule has 1 atom stereocenters. The van der Waals surface area contributed by atoms with Crippen LogP contribution >= 0.6 is 0 Å². The Labute approximate surface area is 103 Å². The van der Waals surface area contributed by atoms with E-state index in [2.05, 4.69) is 66.3 Å². The molecule has 0 saturated heterocycles. The second kappa shape index (κ2) is 6.18. The molecule has 17 heavy (non-hydrogen) atoms. The van der Waals surface area contributed by atoms with Gasteiger partial charge in [0.05, 0.1) is 0 Å². The third kappa shape index (κ3) is 3.70. The maximum Gasteiger partial charge on any atom is 0.0434 e. The first-order valence-electron chi connectivity index (χ1n) is 5.93. The van der Waals surface area contributed by atoms with E-state index < -0.39 is 0 Å². The van der Waals surface area contributed by atoms with E-state index in [-0.39, 0.29) is 0 Å². The Morgan fingerprint density at radius 2 is 1.47 bits per heavy atom. The van der Waals surface area contributed by atoms with E-state index in [4.69, 9.17) is 0 Å². The summed E-state index contributed by atoms with van der Waals surface area (Å²) in [6.45, 7) is 2.98. The molecule has 88 valence electrons. The van der Waals surface area contributed by atoms with Crippen molar-refractivity contribution in [3.8, 4) is 0 Å². The molecule has 0 aliphatic carbocycles. The molecule has 0 aromatic heterocycles. The molecule has 2 aromatic carbocycles. The maximum atomic E-state index is 3.30. The largest absolute Gasteiger partial charge is 0.253 e. The van der Waals surface area contributed by atoms with E-state index in [9.17, 15) is 0 Å². The highest BCUT2D eigenvalue weighted by Gasteiger charge is 2.02. The minimum Gasteiger partial charge on any atom is -0.253 e. The van der Waals surface area contributed by atoms with Gasteiger partial charge in [0, 0.05) is 12.6 Å². The van der Waals surface area contributed by atoms with E-state index in [1.54, 1.807) is 0 Å². The molecule has 2 aromatic rings. The quantitative estimate of drug-likeness (QED) is 0.766. The lowest BCUT2D eigenvalue weighted by Gasteiger charge is -2.15. The van der Waals surface area contributed by atoms with Crippen LogP contribution in [0.25, 0.3) is 0 Å². The van der Waals surface area contributed by atoms with Crippen molar-refractivity contribution in [2.45, 2.75) is 19.5 Å². The number of rotatable bonds is 5. The van der Waals surface area contributed by atoms with Crippen LogP contribution < -0.4 is 10.9 Å². The van der Waals surface area contributed by atoms with Crippen LogP contribution in [0, 0.1) is 0 Å². The standard InChI is InChI=1S/C15H18N2/c1-13(15-10-6-3-7-11-15)17-16-12-14-8-4-2-5-9-14/h2-11,13,16-17H,12H2,1H3. The predicted molar refractivity (Wildman–Crippen MR) is 71.3 cm³/mol. The molecule has 0 heterocycles. The van der Waals surface area contributed by atoms with Crippen LogP contribution in [0.2, 0.25) is 0 Å². The lowest BCUT2D eigenvalue weighted by atomic mass is 10.1. The fourth-order valence-corrected chi connectivity index (χ4v) is 1.73. The molecule has 0 amide bonds. The van der Waals surface area contributed by atoms with Gasteiger partial charge in [0.15, 0.2) is 0 Å². The van der Waals surface area contributed by atoms with Gasteiger partial charge in [-0.15, -0.1) is 0 Å². The van der Waals surface area contributed by atoms with Gasteiger partial charge in [0.25, 0.3) is 0 Å². The van der Waals surface area contributed by atoms with E-state index >= 15 is 0 Å². The van der Waals surface area contributed by atoms with Crippen molar-refractivity contribution in [1.82, 2.24) is 10.9 Å². The molecule has 0 spiro atoms. The number of benzene rings is 2. The average molecular weight is 226 g/mol. The Bertz CT molecular complexity index is 425. The van der Waals surface area contributed by atoms with Crippen LogP contribution in [0.5, 0.6) is 0 Å². The lowest BCUT2D eigenvalue weighted by molar-refractivity contribution is 0.460. The minimum absolute atomic E-state index is 0.305. The van der Waals surface area contributed by atoms with E-state index in [1.807, 2.05) is 12.1 Å². The molecule has 0 bridgehead atoms. The molecule has 0 fully saturated rings. The second-order valence-electron chi connectivity index (χ2n) is 4.12. The average Bonchev–Trinajstić information content (AvgIpc) is 2.41. The van der Waals surface area contributed by atoms with Crippen LogP contribution in [0.3, 0.4) is 0 Å². The monoisotopic (exact) mass is 226 g/mol. The summed E-state index contributed by atoms with van der Waals surface area (Å²) in [5, 5.41) is 0. The summed E-state index contributed by atoms with van der Waals surface area (Å²) in [4.78, 5) is 0. The van der Waals surface area contributed by atoms with Gasteiger partial charge in [-0.1, -0.05) is 60.7 Å². The van der Waals surface area contributed by atoms with Gasteiger partial charge in [-0.05, 0) is 18.1 Å². The Hall–Kier alpha value is -1.64. The van der Waals surface area contributed by atoms with E-state index in [1.165, 1.54) is 11.1 Å². The molecule has 0 radical (unpaired) electrons. The number of hydrogen-bond acceptors (Lipinski definition) is 2. The summed E-state index contributed by atoms with van der Waals surface area (Å²) < 4.78 is 0. The van der Waals surface area contributed by atoms with Crippen molar-refractivity contribution in [2.75, 3.05) is 0 Å². The van der Waals surface area contributed by atoms with E-state index in [0.29, 0.717) is 6.04 Å². The zero-order valence-electron chi connectivity index (χ0n) is 10.1. The van der Waals surface area contributed by atoms with Gasteiger partial charge >= 0.3 is 0 Å². The van der Waals surface area contributed by atoms with E-state index in [0.717, 1.165) is 6.54 Å². The van der Waals surface area contributed by atoms with Gasteiger partial charge in [-0.2, -0.15) is 0 Å². The highest BCUT2D eigenvalue weighted by atomic mass is 15.4. The maximum absolute atomic E-state index is 3.30. The van der Waals surface area contributed by atoms with Crippen molar-refractivity contribution in [3.05, 3.63) is 71.8 Å². The molecule has 0 aliphatic rings. The second-order valence-corrected chi connectivity index (χ2v) is 4.12. The number of nitrogens with one attached hydrogen (secondary N) is 2. The highest BCUT2D eigenvalue weighted by molar-refractivity contribution is 5.18. The van der Waals surface area contributed by atoms with Gasteiger partial charge in [-0.25, -0.2) is 0 Å². The summed E-state index contributed by atoms with van der Waals surface area (Å²) in [5.41, 5.74) is 9.11. The van der Waals surface area contributed by atoms with Crippen molar-refractivity contribution in [2.24, 2.45) is 0 Å². The highest BCUT2D eigenvalue weighted by Crippen LogP contribution is 2.09. The molecule has 2 heteroatoms. The lowest BCUT2D eigenvalue weighted by Crippen LogP contribution is -2.33. The summed E-state index contributed by atoms with van der Waals surface area (Å²) in [7, 11) is 0. The van der Waals surface area contributed by atoms with Gasteiger partial charge in [-0.3, -0.25) is 10.9 Å². The number of hydrogen-bond donors (Lipinski definition) is 2. The predicted octanol–water partition coefficient (Wildman–Crippen LogP) is 3.04. The van der Waals surface area contributed by atoms with Gasteiger partial charge in [0.2, 0.25) is 0 Å². The number of hydrazine groups is 1. The molecule has 2 rings (SSSR count). The summed E-state index contributed by atoms with van der Waals surface area (Å²) in [6, 6.07) is 21.1. The van der Waals surface area contributed by atoms with Crippen LogP contribution in [-0.2, 0) is 6.54 Å². The van der Waals surface area contributed by atoms with Crippen molar-refractivity contribution in [3.63, 3.8) is 0 Å². The molecule has 1 unspecified atom stereocenters. The third-order valence-corrected chi connectivity index (χ3v) is 2.75. The molecule has 2 nitrogen and oxygen atoms in total. The van der Waals surface area contributed by atoms with Gasteiger partial charge < -0.3 is 0 Å². The van der Waals surface area contributed by atoms with Crippen molar-refractivity contribution >= 4 is 0 Å². The first-order valence-corrected chi connectivity index (χ1v) is 5.93. The first kappa shape index (κ1) is 11.8. The Balaban J connectivity index is 1.79. The van der Waals surface area contributed by atoms with Crippen LogP contribution in [0.15, 0.2) is 60.7 Å². The van der Waals surface area contributed by atoms with Gasteiger partial charge in [0.1, 0.15) is 0 Å². The SMILES string of the molecule is CC(NNCc1ccccc1)c1ccccc1. The summed E-state index contributed by atoms with van der Waals surface area (Å²) in [6.07, 6.45) is 0. The summed E-state index contributed by atoms with van der Waals surface area (Å²) in [5.74, 6) is 0. The fourth-order valence-electron chi connectivity index (χ4n) is 1.73. The third-order valence-electron chi connectivity index (χ3n) is 2.75. The Kier molecular flexibility index (Phi) is 4.30. The molecular weight excluding hydrogens is 208 g/mol. The molecule has 2 N–H and O–H groups in total.